The van der Waals surface area contributed by atoms with E-state index >= 15 is 0 Å². The van der Waals surface area contributed by atoms with Gasteiger partial charge in [-0.2, -0.15) is 0 Å². The van der Waals surface area contributed by atoms with Gasteiger partial charge in [0.15, 0.2) is 12.2 Å². The van der Waals surface area contributed by atoms with Gasteiger partial charge in [-0.25, -0.2) is 9.13 Å². The van der Waals surface area contributed by atoms with Gasteiger partial charge < -0.3 is 33.8 Å². The van der Waals surface area contributed by atoms with Gasteiger partial charge in [0.25, 0.3) is 0 Å². The molecule has 0 bridgehead atoms. The molecule has 0 aromatic carbocycles. The molecule has 108 heavy (non-hydrogen) atoms. The van der Waals surface area contributed by atoms with Crippen LogP contribution in [0.3, 0.4) is 0 Å². The summed E-state index contributed by atoms with van der Waals surface area (Å²) >= 11 is 0. The molecule has 5 unspecified atom stereocenters. The summed E-state index contributed by atoms with van der Waals surface area (Å²) in [7, 11) is -10.0. The number of esters is 4. The third-order valence-electron chi connectivity index (χ3n) is 16.7. The largest absolute Gasteiger partial charge is 0.472 e. The van der Waals surface area contributed by atoms with Gasteiger partial charge in [-0.15, -0.1) is 0 Å². The van der Waals surface area contributed by atoms with E-state index in [1.807, 2.05) is 18.2 Å². The number of allylic oxidation sites excluding steroid dienone is 28. The number of unbranched alkanes of at least 4 members (excludes halogenated alkanes) is 22. The predicted molar refractivity (Wildman–Crippen MR) is 445 cm³/mol. The number of carbonyl (C=O) groups is 4. The summed E-state index contributed by atoms with van der Waals surface area (Å²) in [5.41, 5.74) is 0. The second-order valence-electron chi connectivity index (χ2n) is 26.9. The van der Waals surface area contributed by atoms with Crippen LogP contribution in [0, 0.1) is 0 Å². The van der Waals surface area contributed by atoms with Crippen LogP contribution in [-0.2, 0) is 65.4 Å². The standard InChI is InChI=1S/C89H146O17P2/c1-5-9-13-17-21-25-29-33-37-40-41-44-47-50-54-58-62-66-70-74-87(92)100-80-85(106-89(94)76-72-68-64-60-56-52-48-43-39-35-31-27-23-19-15-11-7-3)82-104-108(97,98)102-78-83(90)77-101-107(95,96)103-81-84(105-88(93)75-71-67-63-59-55-51-45-36-32-28-24-20-16-12-8-4)79-99-86(91)73-69-65-61-57-53-49-46-42-38-34-30-26-22-18-14-10-6-2/h9-11,13-15,21-23,25-27,33-39,41,44-46,49-50,54,62,66,83-85,90H,5-8,12,16-20,24,28-32,40,42-43,47-48,51-53,55-61,63-65,67-82H2,1-4H3,(H,95,96)(H,97,98)/b13-9-,14-10-,15-11-,25-21-,26-22-,27-23-,37-33-,38-34-,39-35-,44-41-,45-36-,49-46-,54-50-,66-62-. The highest BCUT2D eigenvalue weighted by Gasteiger charge is 2.30. The highest BCUT2D eigenvalue weighted by molar-refractivity contribution is 7.47. The molecule has 0 aliphatic carbocycles. The lowest BCUT2D eigenvalue weighted by Crippen LogP contribution is -2.30. The van der Waals surface area contributed by atoms with Crippen LogP contribution in [-0.4, -0.2) is 96.7 Å². The van der Waals surface area contributed by atoms with E-state index in [0.717, 1.165) is 186 Å². The van der Waals surface area contributed by atoms with Crippen molar-refractivity contribution >= 4 is 39.5 Å². The maximum Gasteiger partial charge on any atom is 0.472 e. The third-order valence-corrected chi connectivity index (χ3v) is 18.6. The molecule has 0 saturated heterocycles. The van der Waals surface area contributed by atoms with Crippen LogP contribution in [0.25, 0.3) is 0 Å². The molecule has 0 heterocycles. The third kappa shape index (κ3) is 78.5. The topological polar surface area (TPSA) is 237 Å². The summed E-state index contributed by atoms with van der Waals surface area (Å²) in [5.74, 6) is -2.33. The summed E-state index contributed by atoms with van der Waals surface area (Å²) in [6.45, 7) is 4.41. The van der Waals surface area contributed by atoms with E-state index in [1.165, 1.54) is 38.5 Å². The molecule has 0 fully saturated rings. The zero-order valence-electron chi connectivity index (χ0n) is 67.2. The van der Waals surface area contributed by atoms with Crippen molar-refractivity contribution in [3.8, 4) is 0 Å². The fourth-order valence-electron chi connectivity index (χ4n) is 10.5. The van der Waals surface area contributed by atoms with E-state index in [0.29, 0.717) is 32.1 Å². The molecule has 0 spiro atoms. The van der Waals surface area contributed by atoms with Gasteiger partial charge in [0, 0.05) is 25.7 Å². The normalized spacial score (nSPS) is 14.7. The lowest BCUT2D eigenvalue weighted by atomic mass is 10.1. The Morgan fingerprint density at radius 3 is 0.806 bits per heavy atom. The lowest BCUT2D eigenvalue weighted by molar-refractivity contribution is -0.161. The van der Waals surface area contributed by atoms with Crippen molar-refractivity contribution in [3.63, 3.8) is 0 Å². The molecule has 0 aliphatic rings. The number of phosphoric acid groups is 2. The molecule has 0 amide bonds. The molecule has 5 atom stereocenters. The number of carbonyl (C=O) groups excluding carboxylic acids is 4. The second-order valence-corrected chi connectivity index (χ2v) is 29.8. The van der Waals surface area contributed by atoms with Crippen LogP contribution in [0.1, 0.15) is 310 Å². The van der Waals surface area contributed by atoms with Crippen molar-refractivity contribution in [2.45, 2.75) is 329 Å². The number of aliphatic hydroxyl groups is 1. The van der Waals surface area contributed by atoms with Gasteiger partial charge in [-0.1, -0.05) is 294 Å². The van der Waals surface area contributed by atoms with Crippen LogP contribution < -0.4 is 0 Å². The van der Waals surface area contributed by atoms with Crippen LogP contribution in [0.5, 0.6) is 0 Å². The highest BCUT2D eigenvalue weighted by Crippen LogP contribution is 2.45. The van der Waals surface area contributed by atoms with Gasteiger partial charge in [0.1, 0.15) is 19.3 Å². The first-order chi connectivity index (χ1) is 52.7. The Morgan fingerprint density at radius 1 is 0.269 bits per heavy atom. The minimum absolute atomic E-state index is 0.0279. The van der Waals surface area contributed by atoms with Crippen molar-refractivity contribution < 1.29 is 80.2 Å². The minimum atomic E-state index is -5.01. The molecule has 614 valence electrons. The van der Waals surface area contributed by atoms with Crippen molar-refractivity contribution in [1.29, 1.82) is 0 Å². The van der Waals surface area contributed by atoms with Crippen molar-refractivity contribution in [1.82, 2.24) is 0 Å². The summed E-state index contributed by atoms with van der Waals surface area (Å²) in [6.07, 6.45) is 94.8. The molecule has 19 heteroatoms. The monoisotopic (exact) mass is 1550 g/mol. The Hall–Kier alpha value is -5.58. The lowest BCUT2D eigenvalue weighted by Gasteiger charge is -2.21. The fourth-order valence-corrected chi connectivity index (χ4v) is 12.1. The van der Waals surface area contributed by atoms with Gasteiger partial charge in [0.2, 0.25) is 0 Å². The highest BCUT2D eigenvalue weighted by atomic mass is 31.2. The van der Waals surface area contributed by atoms with Crippen LogP contribution in [0.15, 0.2) is 170 Å². The Balaban J connectivity index is 5.48. The molecule has 0 aliphatic heterocycles. The Kier molecular flexibility index (Phi) is 75.4. The molecule has 3 N–H and O–H groups in total. The number of phosphoric ester groups is 2. The second kappa shape index (κ2) is 79.5. The fraction of sp³-hybridized carbons (Fsp3) is 0.640. The van der Waals surface area contributed by atoms with Crippen molar-refractivity contribution in [2.75, 3.05) is 39.6 Å². The molecular weight excluding hydrogens is 1400 g/mol. The Bertz CT molecular complexity index is 2710. The van der Waals surface area contributed by atoms with Gasteiger partial charge in [-0.05, 0) is 161 Å². The van der Waals surface area contributed by atoms with Crippen LogP contribution >= 0.6 is 15.6 Å². The minimum Gasteiger partial charge on any atom is -0.462 e. The summed E-state index contributed by atoms with van der Waals surface area (Å²) in [6, 6.07) is 0. The zero-order chi connectivity index (χ0) is 78.9. The Morgan fingerprint density at radius 2 is 0.500 bits per heavy atom. The molecule has 0 saturated carbocycles. The first kappa shape index (κ1) is 102. The first-order valence-electron chi connectivity index (χ1n) is 41.4. The molecule has 0 aromatic rings. The van der Waals surface area contributed by atoms with Crippen molar-refractivity contribution in [3.05, 3.63) is 170 Å². The molecule has 0 radical (unpaired) electrons. The van der Waals surface area contributed by atoms with E-state index in [9.17, 15) is 43.2 Å². The quantitative estimate of drug-likeness (QED) is 0.0169. The summed E-state index contributed by atoms with van der Waals surface area (Å²) in [4.78, 5) is 73.1. The van der Waals surface area contributed by atoms with Gasteiger partial charge >= 0.3 is 39.5 Å². The summed E-state index contributed by atoms with van der Waals surface area (Å²) in [5, 5.41) is 10.7. The van der Waals surface area contributed by atoms with Crippen LogP contribution in [0.4, 0.5) is 0 Å². The Labute approximate surface area is 654 Å². The SMILES string of the molecule is CC/C=C\C/C=C\C/C=C\C/C=C\C/C=C\C/C=C\CCC(=O)OCC(COP(=O)(O)OCC(O)COP(=O)(O)OCC(COC(=O)CCCCCC/C=C\C/C=C\C/C=C\C/C=C\CC)OC(=O)CCCCCCC/C=C\CCCCCCCC)OC(=O)CCCCCCCCC/C=C\C/C=C\C/C=C\CC. The maximum absolute atomic E-state index is 13.1. The average Bonchev–Trinajstić information content (AvgIpc) is 0.906. The van der Waals surface area contributed by atoms with Gasteiger partial charge in [-0.3, -0.25) is 37.3 Å². The number of aliphatic hydroxyl groups excluding tert-OH is 1. The molecular formula is C89H146O17P2. The maximum atomic E-state index is 13.1. The van der Waals surface area contributed by atoms with Crippen molar-refractivity contribution in [2.24, 2.45) is 0 Å². The zero-order valence-corrected chi connectivity index (χ0v) is 69.0. The molecule has 0 rings (SSSR count). The number of ether oxygens (including phenoxy) is 4. The average molecular weight is 1550 g/mol. The van der Waals surface area contributed by atoms with E-state index in [4.69, 9.17) is 37.0 Å². The van der Waals surface area contributed by atoms with Gasteiger partial charge in [0.05, 0.1) is 26.4 Å². The molecule has 0 aromatic heterocycles. The van der Waals surface area contributed by atoms with E-state index < -0.39 is 97.5 Å². The number of hydrogen-bond acceptors (Lipinski definition) is 15. The van der Waals surface area contributed by atoms with E-state index in [-0.39, 0.29) is 25.7 Å². The summed E-state index contributed by atoms with van der Waals surface area (Å²) < 4.78 is 68.6. The van der Waals surface area contributed by atoms with E-state index in [1.54, 1.807) is 0 Å². The number of hydrogen-bond donors (Lipinski definition) is 3. The first-order valence-corrected chi connectivity index (χ1v) is 44.4. The van der Waals surface area contributed by atoms with Crippen LogP contribution in [0.2, 0.25) is 0 Å². The number of rotatable bonds is 76. The molecule has 17 nitrogen and oxygen atoms in total. The smallest absolute Gasteiger partial charge is 0.462 e. The van der Waals surface area contributed by atoms with E-state index in [2.05, 4.69) is 180 Å². The predicted octanol–water partition coefficient (Wildman–Crippen LogP) is 24.6.